The summed E-state index contributed by atoms with van der Waals surface area (Å²) in [6.45, 7) is 4.56. The molecule has 6 rings (SSSR count). The molecule has 2 amide bonds. The Morgan fingerprint density at radius 1 is 1.06 bits per heavy atom. The van der Waals surface area contributed by atoms with Crippen molar-refractivity contribution in [1.82, 2.24) is 14.4 Å². The van der Waals surface area contributed by atoms with E-state index in [2.05, 4.69) is 46.2 Å². The summed E-state index contributed by atoms with van der Waals surface area (Å²) in [6.07, 6.45) is 3.13. The second kappa shape index (κ2) is 8.86. The van der Waals surface area contributed by atoms with Crippen molar-refractivity contribution in [3.63, 3.8) is 0 Å². The number of amides is 2. The van der Waals surface area contributed by atoms with Crippen LogP contribution >= 0.6 is 22.9 Å². The van der Waals surface area contributed by atoms with Crippen LogP contribution in [-0.4, -0.2) is 34.0 Å². The summed E-state index contributed by atoms with van der Waals surface area (Å²) >= 11 is 8.29. The molecule has 0 radical (unpaired) electrons. The van der Waals surface area contributed by atoms with Crippen LogP contribution in [0.25, 0.3) is 5.00 Å². The summed E-state index contributed by atoms with van der Waals surface area (Å²) in [5.41, 5.74) is 6.64. The first kappa shape index (κ1) is 22.4. The van der Waals surface area contributed by atoms with Gasteiger partial charge in [-0.3, -0.25) is 0 Å². The molecule has 4 heterocycles. The van der Waals surface area contributed by atoms with Crippen LogP contribution in [0.2, 0.25) is 5.02 Å². The highest BCUT2D eigenvalue weighted by molar-refractivity contribution is 7.15. The van der Waals surface area contributed by atoms with Gasteiger partial charge in [-0.1, -0.05) is 35.9 Å². The number of nitrogens with one attached hydrogen (secondary N) is 1. The second-order valence-electron chi connectivity index (χ2n) is 9.46. The van der Waals surface area contributed by atoms with E-state index in [0.717, 1.165) is 42.0 Å². The van der Waals surface area contributed by atoms with Crippen LogP contribution in [0.4, 0.5) is 10.5 Å². The fraction of sp³-hybridized carbons (Fsp3) is 0.250. The minimum Gasteiger partial charge on any atom is -0.310 e. The number of halogens is 1. The van der Waals surface area contributed by atoms with Crippen molar-refractivity contribution < 1.29 is 4.79 Å². The number of benzene rings is 2. The van der Waals surface area contributed by atoms with Gasteiger partial charge in [0, 0.05) is 40.4 Å². The lowest BCUT2D eigenvalue weighted by Crippen LogP contribution is -2.38. The topological polar surface area (TPSA) is 40.5 Å². The standard InChI is InChI=1S/C28H27ClN4OS/c1-18-6-3-9-21(14-18)30-28(34)33-16-23-22-11-13-31(2)17-25(22)35-27(23)32-12-5-10-24(32)26(33)19-7-4-8-20(29)15-19/h3-10,12,14-15,26H,11,13,16-17H2,1-2H3,(H,30,34)/t26-/m0/s1. The number of hydrogen-bond acceptors (Lipinski definition) is 3. The highest BCUT2D eigenvalue weighted by Gasteiger charge is 2.36. The van der Waals surface area contributed by atoms with Gasteiger partial charge in [-0.15, -0.1) is 11.3 Å². The van der Waals surface area contributed by atoms with Crippen LogP contribution in [-0.2, 0) is 19.5 Å². The highest BCUT2D eigenvalue weighted by Crippen LogP contribution is 2.43. The first-order valence-electron chi connectivity index (χ1n) is 11.9. The van der Waals surface area contributed by atoms with Crippen molar-refractivity contribution in [3.8, 4) is 5.00 Å². The molecule has 0 saturated heterocycles. The molecule has 2 aliphatic heterocycles. The molecule has 0 bridgehead atoms. The van der Waals surface area contributed by atoms with Crippen molar-refractivity contribution in [2.24, 2.45) is 0 Å². The smallest absolute Gasteiger partial charge is 0.310 e. The SMILES string of the molecule is Cc1cccc(NC(=O)N2Cc3c(sc4c3CCN(C)C4)-n3cccc3[C@@H]2c2cccc(Cl)c2)c1. The third-order valence-electron chi connectivity index (χ3n) is 6.95. The number of urea groups is 1. The number of thiophene rings is 1. The molecular weight excluding hydrogens is 476 g/mol. The van der Waals surface area contributed by atoms with E-state index in [1.165, 1.54) is 21.0 Å². The largest absolute Gasteiger partial charge is 0.322 e. The van der Waals surface area contributed by atoms with Gasteiger partial charge in [-0.25, -0.2) is 4.79 Å². The Morgan fingerprint density at radius 2 is 1.91 bits per heavy atom. The molecule has 2 aromatic heterocycles. The van der Waals surface area contributed by atoms with E-state index in [-0.39, 0.29) is 12.1 Å². The lowest BCUT2D eigenvalue weighted by atomic mass is 10.0. The van der Waals surface area contributed by atoms with Gasteiger partial charge in [0.15, 0.2) is 0 Å². The second-order valence-corrected chi connectivity index (χ2v) is 11.0. The number of likely N-dealkylation sites (N-methyl/N-ethyl adjacent to an activating group) is 1. The van der Waals surface area contributed by atoms with Crippen molar-refractivity contribution >= 4 is 34.7 Å². The average Bonchev–Trinajstić information content (AvgIpc) is 3.40. The molecule has 0 aliphatic carbocycles. The van der Waals surface area contributed by atoms with E-state index in [0.29, 0.717) is 11.6 Å². The van der Waals surface area contributed by atoms with Gasteiger partial charge in [0.1, 0.15) is 5.00 Å². The molecule has 2 aliphatic rings. The van der Waals surface area contributed by atoms with E-state index in [1.807, 2.05) is 65.6 Å². The molecule has 0 saturated carbocycles. The van der Waals surface area contributed by atoms with Gasteiger partial charge in [-0.2, -0.15) is 0 Å². The number of hydrogen-bond donors (Lipinski definition) is 1. The average molecular weight is 503 g/mol. The molecule has 0 fully saturated rings. The lowest BCUT2D eigenvalue weighted by molar-refractivity contribution is 0.194. The van der Waals surface area contributed by atoms with Crippen LogP contribution < -0.4 is 5.32 Å². The Balaban J connectivity index is 1.50. The Labute approximate surface area is 214 Å². The predicted octanol–water partition coefficient (Wildman–Crippen LogP) is 6.63. The first-order valence-corrected chi connectivity index (χ1v) is 13.1. The fourth-order valence-corrected chi connectivity index (χ4v) is 6.94. The minimum absolute atomic E-state index is 0.117. The van der Waals surface area contributed by atoms with Crippen molar-refractivity contribution in [3.05, 3.63) is 105 Å². The summed E-state index contributed by atoms with van der Waals surface area (Å²) in [5, 5.41) is 5.06. The summed E-state index contributed by atoms with van der Waals surface area (Å²) in [4.78, 5) is 19.7. The molecule has 35 heavy (non-hydrogen) atoms. The van der Waals surface area contributed by atoms with E-state index in [1.54, 1.807) is 0 Å². The van der Waals surface area contributed by atoms with Crippen LogP contribution in [0.15, 0.2) is 66.9 Å². The number of anilines is 1. The zero-order chi connectivity index (χ0) is 24.1. The zero-order valence-corrected chi connectivity index (χ0v) is 21.4. The molecule has 2 aromatic carbocycles. The Morgan fingerprint density at radius 3 is 2.74 bits per heavy atom. The van der Waals surface area contributed by atoms with Gasteiger partial charge in [0.05, 0.1) is 18.3 Å². The maximum absolute atomic E-state index is 14.0. The molecule has 0 unspecified atom stereocenters. The quantitative estimate of drug-likeness (QED) is 0.334. The molecule has 1 N–H and O–H groups in total. The molecule has 178 valence electrons. The number of carbonyl (C=O) groups is 1. The van der Waals surface area contributed by atoms with E-state index < -0.39 is 0 Å². The summed E-state index contributed by atoms with van der Waals surface area (Å²) in [7, 11) is 2.17. The highest BCUT2D eigenvalue weighted by atomic mass is 35.5. The van der Waals surface area contributed by atoms with Gasteiger partial charge < -0.3 is 19.7 Å². The summed E-state index contributed by atoms with van der Waals surface area (Å²) < 4.78 is 2.28. The number of fused-ring (bicyclic) bond motifs is 5. The van der Waals surface area contributed by atoms with Gasteiger partial charge >= 0.3 is 6.03 Å². The summed E-state index contributed by atoms with van der Waals surface area (Å²) in [5.74, 6) is 0. The molecular formula is C28H27ClN4OS. The first-order chi connectivity index (χ1) is 17.0. The van der Waals surface area contributed by atoms with Crippen molar-refractivity contribution in [2.75, 3.05) is 18.9 Å². The zero-order valence-electron chi connectivity index (χ0n) is 19.8. The maximum Gasteiger partial charge on any atom is 0.322 e. The van der Waals surface area contributed by atoms with Crippen LogP contribution in [0.3, 0.4) is 0 Å². The Kier molecular flexibility index (Phi) is 5.67. The normalized spacial score (nSPS) is 17.3. The van der Waals surface area contributed by atoms with Gasteiger partial charge in [0.2, 0.25) is 0 Å². The number of aromatic nitrogens is 1. The van der Waals surface area contributed by atoms with Crippen LogP contribution in [0.5, 0.6) is 0 Å². The molecule has 5 nitrogen and oxygen atoms in total. The molecule has 7 heteroatoms. The molecule has 0 spiro atoms. The van der Waals surface area contributed by atoms with Gasteiger partial charge in [-0.05, 0) is 73.5 Å². The fourth-order valence-electron chi connectivity index (χ4n) is 5.30. The van der Waals surface area contributed by atoms with Crippen molar-refractivity contribution in [1.29, 1.82) is 0 Å². The van der Waals surface area contributed by atoms with Gasteiger partial charge in [0.25, 0.3) is 0 Å². The lowest BCUT2D eigenvalue weighted by Gasteiger charge is -2.32. The maximum atomic E-state index is 14.0. The molecule has 1 atom stereocenters. The number of carbonyl (C=O) groups excluding carboxylic acids is 1. The predicted molar refractivity (Wildman–Crippen MR) is 143 cm³/mol. The van der Waals surface area contributed by atoms with Crippen LogP contribution in [0, 0.1) is 6.92 Å². The minimum atomic E-state index is -0.268. The van der Waals surface area contributed by atoms with E-state index in [4.69, 9.17) is 11.6 Å². The number of aryl methyl sites for hydroxylation is 1. The van der Waals surface area contributed by atoms with Crippen molar-refractivity contribution in [2.45, 2.75) is 32.5 Å². The number of nitrogens with zero attached hydrogens (tertiary/aromatic N) is 3. The van der Waals surface area contributed by atoms with E-state index >= 15 is 0 Å². The van der Waals surface area contributed by atoms with E-state index in [9.17, 15) is 4.79 Å². The Hall–Kier alpha value is -3.06. The Bertz CT molecular complexity index is 1420. The third kappa shape index (κ3) is 4.05. The summed E-state index contributed by atoms with van der Waals surface area (Å²) in [6, 6.07) is 19.6. The third-order valence-corrected chi connectivity index (χ3v) is 8.44. The molecule has 4 aromatic rings. The van der Waals surface area contributed by atoms with Crippen LogP contribution in [0.1, 0.15) is 38.9 Å². The number of rotatable bonds is 2. The monoisotopic (exact) mass is 502 g/mol.